The van der Waals surface area contributed by atoms with E-state index in [1.165, 1.54) is 9.80 Å². The average Bonchev–Trinajstić information content (AvgIpc) is 2.34. The van der Waals surface area contributed by atoms with Crippen molar-refractivity contribution in [2.24, 2.45) is 0 Å². The molecule has 1 aliphatic rings. The Hall–Kier alpha value is -1.29. The molecule has 96 valence electrons. The Bertz CT molecular complexity index is 444. The van der Waals surface area contributed by atoms with Crippen LogP contribution in [0.2, 0.25) is 0 Å². The maximum atomic E-state index is 11.7. The molecule has 1 aromatic rings. The predicted octanol–water partition coefficient (Wildman–Crippen LogP) is 2.70. The average molecular weight is 263 g/mol. The predicted molar refractivity (Wildman–Crippen MR) is 72.3 cm³/mol. The summed E-state index contributed by atoms with van der Waals surface area (Å²) < 4.78 is 0. The zero-order chi connectivity index (χ0) is 13.2. The number of imide groups is 1. The Morgan fingerprint density at radius 2 is 2.00 bits per heavy atom. The standard InChI is InChI=1S/C14H17NO2S/c1-14(2)12(8-9-13(17)15(14)10-16)18-11-6-4-3-5-7-11/h3-7,10,12H,8-9H2,1-2H3. The van der Waals surface area contributed by atoms with Crippen LogP contribution in [0.3, 0.4) is 0 Å². The number of carbonyl (C=O) groups excluding carboxylic acids is 2. The van der Waals surface area contributed by atoms with Gasteiger partial charge in [-0.25, -0.2) is 0 Å². The van der Waals surface area contributed by atoms with E-state index < -0.39 is 5.54 Å². The van der Waals surface area contributed by atoms with Crippen molar-refractivity contribution in [2.45, 2.75) is 42.4 Å². The summed E-state index contributed by atoms with van der Waals surface area (Å²) in [6.45, 7) is 3.91. The van der Waals surface area contributed by atoms with Gasteiger partial charge in [0.1, 0.15) is 0 Å². The monoisotopic (exact) mass is 263 g/mol. The number of rotatable bonds is 3. The first-order chi connectivity index (χ1) is 8.55. The summed E-state index contributed by atoms with van der Waals surface area (Å²) in [6, 6.07) is 10.1. The molecular weight excluding hydrogens is 246 g/mol. The topological polar surface area (TPSA) is 37.4 Å². The van der Waals surface area contributed by atoms with Crippen molar-refractivity contribution >= 4 is 24.1 Å². The lowest BCUT2D eigenvalue weighted by molar-refractivity contribution is -0.146. The third kappa shape index (κ3) is 2.43. The van der Waals surface area contributed by atoms with E-state index in [-0.39, 0.29) is 11.2 Å². The molecule has 1 atom stereocenters. The number of likely N-dealkylation sites (tertiary alicyclic amines) is 1. The molecule has 0 N–H and O–H groups in total. The molecule has 0 saturated carbocycles. The Morgan fingerprint density at radius 1 is 1.33 bits per heavy atom. The maximum Gasteiger partial charge on any atom is 0.229 e. The highest BCUT2D eigenvalue weighted by atomic mass is 32.2. The van der Waals surface area contributed by atoms with E-state index in [0.717, 1.165) is 6.42 Å². The van der Waals surface area contributed by atoms with Crippen molar-refractivity contribution in [1.29, 1.82) is 0 Å². The van der Waals surface area contributed by atoms with Gasteiger partial charge in [-0.2, -0.15) is 0 Å². The Balaban J connectivity index is 2.18. The zero-order valence-corrected chi connectivity index (χ0v) is 11.4. The number of nitrogens with zero attached hydrogens (tertiary/aromatic N) is 1. The molecule has 1 aliphatic heterocycles. The van der Waals surface area contributed by atoms with Crippen LogP contribution in [0.15, 0.2) is 35.2 Å². The fourth-order valence-corrected chi connectivity index (χ4v) is 3.55. The van der Waals surface area contributed by atoms with E-state index in [2.05, 4.69) is 12.1 Å². The molecule has 18 heavy (non-hydrogen) atoms. The molecule has 0 spiro atoms. The Labute approximate surface area is 112 Å². The van der Waals surface area contributed by atoms with E-state index in [1.807, 2.05) is 32.0 Å². The fourth-order valence-electron chi connectivity index (χ4n) is 2.27. The summed E-state index contributed by atoms with van der Waals surface area (Å²) in [5.74, 6) is -0.0695. The molecule has 0 bridgehead atoms. The minimum absolute atomic E-state index is 0.0695. The molecule has 1 unspecified atom stereocenters. The lowest BCUT2D eigenvalue weighted by Gasteiger charge is -2.44. The van der Waals surface area contributed by atoms with Crippen LogP contribution >= 0.6 is 11.8 Å². The first kappa shape index (κ1) is 13.1. The number of hydrogen-bond donors (Lipinski definition) is 0. The first-order valence-corrected chi connectivity index (χ1v) is 6.93. The minimum atomic E-state index is -0.433. The highest BCUT2D eigenvalue weighted by Gasteiger charge is 2.42. The van der Waals surface area contributed by atoms with Crippen molar-refractivity contribution in [3.63, 3.8) is 0 Å². The molecule has 1 heterocycles. The highest BCUT2D eigenvalue weighted by Crippen LogP contribution is 2.39. The van der Waals surface area contributed by atoms with Gasteiger partial charge in [0.05, 0.1) is 5.54 Å². The van der Waals surface area contributed by atoms with Crippen molar-refractivity contribution < 1.29 is 9.59 Å². The number of hydrogen-bond acceptors (Lipinski definition) is 3. The summed E-state index contributed by atoms with van der Waals surface area (Å²) in [5, 5.41) is 0.239. The van der Waals surface area contributed by atoms with Crippen LogP contribution in [0, 0.1) is 0 Å². The lowest BCUT2D eigenvalue weighted by atomic mass is 9.90. The normalized spacial score (nSPS) is 22.9. The summed E-state index contributed by atoms with van der Waals surface area (Å²) in [5.41, 5.74) is -0.433. The van der Waals surface area contributed by atoms with E-state index in [0.29, 0.717) is 12.8 Å². The van der Waals surface area contributed by atoms with Crippen molar-refractivity contribution in [1.82, 2.24) is 4.90 Å². The van der Waals surface area contributed by atoms with Crippen LogP contribution in [0.5, 0.6) is 0 Å². The summed E-state index contributed by atoms with van der Waals surface area (Å²) in [4.78, 5) is 25.3. The molecule has 2 rings (SSSR count). The van der Waals surface area contributed by atoms with E-state index in [4.69, 9.17) is 0 Å². The van der Waals surface area contributed by atoms with E-state index in [9.17, 15) is 9.59 Å². The second kappa shape index (κ2) is 5.14. The Morgan fingerprint density at radius 3 is 2.61 bits per heavy atom. The molecule has 0 aromatic heterocycles. The SMILES string of the molecule is CC1(C)C(Sc2ccccc2)CCC(=O)N1C=O. The number of thioether (sulfide) groups is 1. The van der Waals surface area contributed by atoms with Gasteiger partial charge in [-0.15, -0.1) is 11.8 Å². The van der Waals surface area contributed by atoms with Crippen LogP contribution < -0.4 is 0 Å². The number of benzene rings is 1. The van der Waals surface area contributed by atoms with Crippen molar-refractivity contribution in [3.8, 4) is 0 Å². The van der Waals surface area contributed by atoms with Crippen LogP contribution in [0.4, 0.5) is 0 Å². The molecule has 3 nitrogen and oxygen atoms in total. The molecule has 2 amide bonds. The van der Waals surface area contributed by atoms with Crippen LogP contribution in [-0.4, -0.2) is 28.0 Å². The lowest BCUT2D eigenvalue weighted by Crippen LogP contribution is -2.56. The van der Waals surface area contributed by atoms with Gasteiger partial charge in [0.15, 0.2) is 0 Å². The van der Waals surface area contributed by atoms with Gasteiger partial charge < -0.3 is 0 Å². The summed E-state index contributed by atoms with van der Waals surface area (Å²) >= 11 is 1.74. The molecule has 0 aliphatic carbocycles. The van der Waals surface area contributed by atoms with Gasteiger partial charge in [0.2, 0.25) is 12.3 Å². The molecule has 4 heteroatoms. The fraction of sp³-hybridized carbons (Fsp3) is 0.429. The minimum Gasteiger partial charge on any atom is -0.278 e. The zero-order valence-electron chi connectivity index (χ0n) is 10.6. The summed E-state index contributed by atoms with van der Waals surface area (Å²) in [7, 11) is 0. The third-order valence-electron chi connectivity index (χ3n) is 3.42. The summed E-state index contributed by atoms with van der Waals surface area (Å²) in [6.07, 6.45) is 1.93. The van der Waals surface area contributed by atoms with Crippen LogP contribution in [0.1, 0.15) is 26.7 Å². The number of amides is 2. The highest BCUT2D eigenvalue weighted by molar-refractivity contribution is 8.00. The second-order valence-electron chi connectivity index (χ2n) is 4.98. The van der Waals surface area contributed by atoms with Gasteiger partial charge in [-0.05, 0) is 32.4 Å². The quantitative estimate of drug-likeness (QED) is 0.787. The molecule has 0 radical (unpaired) electrons. The molecule has 1 saturated heterocycles. The van der Waals surface area contributed by atoms with E-state index in [1.54, 1.807) is 11.8 Å². The van der Waals surface area contributed by atoms with Gasteiger partial charge in [0, 0.05) is 16.6 Å². The maximum absolute atomic E-state index is 11.7. The van der Waals surface area contributed by atoms with Crippen molar-refractivity contribution in [2.75, 3.05) is 0 Å². The van der Waals surface area contributed by atoms with Gasteiger partial charge in [0.25, 0.3) is 0 Å². The molecular formula is C14H17NO2S. The number of carbonyl (C=O) groups is 2. The number of piperidine rings is 1. The van der Waals surface area contributed by atoms with Crippen LogP contribution in [0.25, 0.3) is 0 Å². The smallest absolute Gasteiger partial charge is 0.229 e. The first-order valence-electron chi connectivity index (χ1n) is 6.05. The Kier molecular flexibility index (Phi) is 3.76. The van der Waals surface area contributed by atoms with Crippen molar-refractivity contribution in [3.05, 3.63) is 30.3 Å². The largest absolute Gasteiger partial charge is 0.278 e. The van der Waals surface area contributed by atoms with Gasteiger partial charge >= 0.3 is 0 Å². The second-order valence-corrected chi connectivity index (χ2v) is 6.26. The molecule has 1 fully saturated rings. The van der Waals surface area contributed by atoms with Gasteiger partial charge in [-0.1, -0.05) is 18.2 Å². The molecule has 1 aromatic carbocycles. The third-order valence-corrected chi connectivity index (χ3v) is 5.07. The van der Waals surface area contributed by atoms with E-state index >= 15 is 0 Å². The van der Waals surface area contributed by atoms with Gasteiger partial charge in [-0.3, -0.25) is 14.5 Å². The van der Waals surface area contributed by atoms with Crippen LogP contribution in [-0.2, 0) is 9.59 Å².